The molecule has 13 heavy (non-hydrogen) atoms. The summed E-state index contributed by atoms with van der Waals surface area (Å²) >= 11 is 1.52. The first-order chi connectivity index (χ1) is 6.34. The summed E-state index contributed by atoms with van der Waals surface area (Å²) in [5.74, 6) is 0.757. The fourth-order valence-electron chi connectivity index (χ4n) is 0.815. The van der Waals surface area contributed by atoms with Crippen LogP contribution >= 0.6 is 11.8 Å². The summed E-state index contributed by atoms with van der Waals surface area (Å²) in [6.07, 6.45) is 0. The van der Waals surface area contributed by atoms with Crippen molar-refractivity contribution in [2.75, 3.05) is 5.75 Å². The molecule has 1 rings (SSSR count). The van der Waals surface area contributed by atoms with Crippen LogP contribution in [-0.4, -0.2) is 17.2 Å². The van der Waals surface area contributed by atoms with Crippen molar-refractivity contribution in [2.24, 2.45) is 4.99 Å². The zero-order valence-corrected chi connectivity index (χ0v) is 8.25. The second kappa shape index (κ2) is 5.54. The van der Waals surface area contributed by atoms with E-state index in [1.54, 1.807) is 17.7 Å². The van der Waals surface area contributed by atoms with Crippen molar-refractivity contribution in [3.8, 4) is 0 Å². The van der Waals surface area contributed by atoms with Crippen LogP contribution in [0.15, 0.2) is 35.3 Å². The second-order valence-electron chi connectivity index (χ2n) is 2.36. The molecule has 68 valence electrons. The van der Waals surface area contributed by atoms with E-state index in [1.807, 2.05) is 25.1 Å². The van der Waals surface area contributed by atoms with Gasteiger partial charge in [0.15, 0.2) is 0 Å². The van der Waals surface area contributed by atoms with E-state index >= 15 is 0 Å². The number of nitrogens with zero attached hydrogens (tertiary/aromatic N) is 1. The van der Waals surface area contributed by atoms with Gasteiger partial charge in [0.1, 0.15) is 0 Å². The topological polar surface area (TPSA) is 29.4 Å². The quantitative estimate of drug-likeness (QED) is 0.545. The molecule has 0 saturated carbocycles. The Hall–Kier alpha value is -1.09. The third-order valence-corrected chi connectivity index (χ3v) is 2.02. The van der Waals surface area contributed by atoms with Crippen molar-refractivity contribution in [1.82, 2.24) is 0 Å². The highest BCUT2D eigenvalue weighted by atomic mass is 32.2. The molecule has 0 N–H and O–H groups in total. The molecule has 0 aliphatic carbocycles. The molecule has 0 radical (unpaired) electrons. The maximum atomic E-state index is 11.3. The number of amides is 1. The minimum absolute atomic E-state index is 0.179. The van der Waals surface area contributed by atoms with Gasteiger partial charge in [-0.25, -0.2) is 4.99 Å². The highest BCUT2D eigenvalue weighted by Gasteiger charge is 1.99. The molecule has 1 aromatic rings. The van der Waals surface area contributed by atoms with E-state index in [9.17, 15) is 4.79 Å². The van der Waals surface area contributed by atoms with Gasteiger partial charge in [-0.05, 0) is 17.9 Å². The van der Waals surface area contributed by atoms with Crippen molar-refractivity contribution in [1.29, 1.82) is 0 Å². The minimum Gasteiger partial charge on any atom is -0.267 e. The van der Waals surface area contributed by atoms with Crippen LogP contribution in [0.5, 0.6) is 0 Å². The van der Waals surface area contributed by atoms with Crippen molar-refractivity contribution >= 4 is 23.2 Å². The molecule has 0 heterocycles. The van der Waals surface area contributed by atoms with Gasteiger partial charge >= 0.3 is 0 Å². The molecule has 0 aliphatic heterocycles. The number of benzene rings is 1. The van der Waals surface area contributed by atoms with E-state index in [4.69, 9.17) is 0 Å². The molecule has 0 unspecified atom stereocenters. The lowest BCUT2D eigenvalue weighted by Crippen LogP contribution is -1.93. The van der Waals surface area contributed by atoms with Crippen molar-refractivity contribution in [3.63, 3.8) is 0 Å². The van der Waals surface area contributed by atoms with E-state index in [-0.39, 0.29) is 5.91 Å². The van der Waals surface area contributed by atoms with Crippen LogP contribution in [0.4, 0.5) is 0 Å². The molecule has 0 aliphatic rings. The van der Waals surface area contributed by atoms with Crippen molar-refractivity contribution < 1.29 is 4.79 Å². The molecular formula is C10H11NOS. The Balaban J connectivity index is 2.59. The normalized spacial score (nSPS) is 10.5. The summed E-state index contributed by atoms with van der Waals surface area (Å²) in [4.78, 5) is 15.1. The smallest absolute Gasteiger partial charge is 0.267 e. The summed E-state index contributed by atoms with van der Waals surface area (Å²) in [5, 5.41) is 0. The summed E-state index contributed by atoms with van der Waals surface area (Å²) < 4.78 is 0. The van der Waals surface area contributed by atoms with Crippen LogP contribution in [0.1, 0.15) is 17.3 Å². The standard InChI is InChI=1S/C10H11NOS/c1-2-13-8-11-10(12)9-6-4-3-5-7-9/h3-8H,2H2,1H3. The van der Waals surface area contributed by atoms with Gasteiger partial charge in [0, 0.05) is 5.56 Å². The van der Waals surface area contributed by atoms with E-state index < -0.39 is 0 Å². The Morgan fingerprint density at radius 2 is 2.15 bits per heavy atom. The fraction of sp³-hybridized carbons (Fsp3) is 0.200. The number of carbonyl (C=O) groups excluding carboxylic acids is 1. The second-order valence-corrected chi connectivity index (χ2v) is 3.48. The molecule has 2 nitrogen and oxygen atoms in total. The van der Waals surface area contributed by atoms with E-state index in [0.717, 1.165) is 5.75 Å². The summed E-state index contributed by atoms with van der Waals surface area (Å²) in [6, 6.07) is 9.05. The summed E-state index contributed by atoms with van der Waals surface area (Å²) in [7, 11) is 0. The van der Waals surface area contributed by atoms with Gasteiger partial charge < -0.3 is 0 Å². The Morgan fingerprint density at radius 3 is 2.77 bits per heavy atom. The predicted octanol–water partition coefficient (Wildman–Crippen LogP) is 2.61. The molecule has 1 amide bonds. The minimum atomic E-state index is -0.179. The SMILES string of the molecule is CCSC=NC(=O)c1ccccc1. The lowest BCUT2D eigenvalue weighted by atomic mass is 10.2. The van der Waals surface area contributed by atoms with Gasteiger partial charge in [0.25, 0.3) is 5.91 Å². The maximum Gasteiger partial charge on any atom is 0.277 e. The van der Waals surface area contributed by atoms with Gasteiger partial charge in [-0.3, -0.25) is 4.79 Å². The summed E-state index contributed by atoms with van der Waals surface area (Å²) in [6.45, 7) is 2.02. The van der Waals surface area contributed by atoms with Crippen molar-refractivity contribution in [2.45, 2.75) is 6.92 Å². The van der Waals surface area contributed by atoms with E-state index in [1.165, 1.54) is 11.8 Å². The zero-order valence-electron chi connectivity index (χ0n) is 7.43. The van der Waals surface area contributed by atoms with Gasteiger partial charge in [0.2, 0.25) is 0 Å². The molecule has 0 aromatic heterocycles. The van der Waals surface area contributed by atoms with Crippen LogP contribution in [0.2, 0.25) is 0 Å². The fourth-order valence-corrected chi connectivity index (χ4v) is 1.13. The Kier molecular flexibility index (Phi) is 4.26. The number of thioether (sulfide) groups is 1. The number of rotatable bonds is 3. The maximum absolute atomic E-state index is 11.3. The lowest BCUT2D eigenvalue weighted by Gasteiger charge is -1.92. The van der Waals surface area contributed by atoms with Gasteiger partial charge in [0.05, 0.1) is 5.55 Å². The zero-order chi connectivity index (χ0) is 9.52. The highest BCUT2D eigenvalue weighted by Crippen LogP contribution is 2.01. The average Bonchev–Trinajstić information content (AvgIpc) is 2.19. The average molecular weight is 193 g/mol. The predicted molar refractivity (Wildman–Crippen MR) is 57.4 cm³/mol. The molecule has 0 atom stereocenters. The van der Waals surface area contributed by atoms with E-state index in [2.05, 4.69) is 4.99 Å². The number of hydrogen-bond acceptors (Lipinski definition) is 2. The lowest BCUT2D eigenvalue weighted by molar-refractivity contribution is 0.100. The molecular weight excluding hydrogens is 182 g/mol. The first kappa shape index (κ1) is 9.99. The Labute approximate surface area is 82.1 Å². The molecule has 1 aromatic carbocycles. The third-order valence-electron chi connectivity index (χ3n) is 1.43. The van der Waals surface area contributed by atoms with Gasteiger partial charge in [-0.15, -0.1) is 11.8 Å². The number of carbonyl (C=O) groups is 1. The molecule has 0 bridgehead atoms. The number of aliphatic imine (C=N–C) groups is 1. The Morgan fingerprint density at radius 1 is 1.46 bits per heavy atom. The van der Waals surface area contributed by atoms with Crippen LogP contribution in [0.25, 0.3) is 0 Å². The molecule has 0 saturated heterocycles. The van der Waals surface area contributed by atoms with Crippen LogP contribution in [0.3, 0.4) is 0 Å². The van der Waals surface area contributed by atoms with Crippen LogP contribution in [0, 0.1) is 0 Å². The van der Waals surface area contributed by atoms with Crippen LogP contribution in [-0.2, 0) is 0 Å². The highest BCUT2D eigenvalue weighted by molar-refractivity contribution is 8.12. The Bertz CT molecular complexity index is 295. The molecule has 0 fully saturated rings. The summed E-state index contributed by atoms with van der Waals surface area (Å²) in [5.41, 5.74) is 2.23. The van der Waals surface area contributed by atoms with Crippen LogP contribution < -0.4 is 0 Å². The van der Waals surface area contributed by atoms with Crippen molar-refractivity contribution in [3.05, 3.63) is 35.9 Å². The van der Waals surface area contributed by atoms with E-state index in [0.29, 0.717) is 5.56 Å². The first-order valence-electron chi connectivity index (χ1n) is 4.08. The van der Waals surface area contributed by atoms with Gasteiger partial charge in [-0.1, -0.05) is 25.1 Å². The molecule has 0 spiro atoms. The third kappa shape index (κ3) is 3.42. The number of hydrogen-bond donors (Lipinski definition) is 0. The largest absolute Gasteiger partial charge is 0.277 e. The first-order valence-corrected chi connectivity index (χ1v) is 5.13. The van der Waals surface area contributed by atoms with Gasteiger partial charge in [-0.2, -0.15) is 0 Å². The molecule has 3 heteroatoms. The monoisotopic (exact) mass is 193 g/mol.